The molecule has 33 heavy (non-hydrogen) atoms. The molecule has 1 aliphatic heterocycles. The van der Waals surface area contributed by atoms with E-state index in [-0.39, 0.29) is 12.2 Å². The van der Waals surface area contributed by atoms with Crippen molar-refractivity contribution in [3.05, 3.63) is 88.4 Å². The largest absolute Gasteiger partial charge is 0.494 e. The van der Waals surface area contributed by atoms with Gasteiger partial charge in [0.2, 0.25) is 11.4 Å². The molecule has 0 spiro atoms. The number of carbonyl (C=O) groups is 2. The molecule has 5 nitrogen and oxygen atoms in total. The van der Waals surface area contributed by atoms with E-state index in [2.05, 4.69) is 0 Å². The third-order valence-electron chi connectivity index (χ3n) is 5.78. The first kappa shape index (κ1) is 22.9. The number of hydrogen-bond acceptors (Lipinski definition) is 5. The summed E-state index contributed by atoms with van der Waals surface area (Å²) in [6.45, 7) is 4.57. The number of ketones is 1. The summed E-state index contributed by atoms with van der Waals surface area (Å²) in [4.78, 5) is 26.1. The molecule has 1 aliphatic rings. The van der Waals surface area contributed by atoms with Crippen LogP contribution in [0.2, 0.25) is 5.02 Å². The average molecular weight is 465 g/mol. The van der Waals surface area contributed by atoms with Crippen molar-refractivity contribution in [2.24, 2.45) is 0 Å². The predicted molar refractivity (Wildman–Crippen MR) is 127 cm³/mol. The molecule has 1 heterocycles. The third-order valence-corrected chi connectivity index (χ3v) is 6.04. The van der Waals surface area contributed by atoms with Gasteiger partial charge in [-0.1, -0.05) is 54.1 Å². The molecule has 170 valence electrons. The SMILES string of the molecule is CCOc1cc(OCC)c2c(c1)O[C@@](c1ccc(Cl)cc1)([C@@H](CC=O)c1ccccc1)C2=O. The van der Waals surface area contributed by atoms with Crippen LogP contribution in [0.5, 0.6) is 17.2 Å². The Labute approximate surface area is 198 Å². The molecule has 0 radical (unpaired) electrons. The van der Waals surface area contributed by atoms with Crippen molar-refractivity contribution in [1.29, 1.82) is 0 Å². The van der Waals surface area contributed by atoms with Crippen molar-refractivity contribution in [1.82, 2.24) is 0 Å². The molecule has 0 aliphatic carbocycles. The minimum absolute atomic E-state index is 0.0919. The van der Waals surface area contributed by atoms with E-state index in [1.54, 1.807) is 36.4 Å². The fourth-order valence-corrected chi connectivity index (χ4v) is 4.56. The van der Waals surface area contributed by atoms with Gasteiger partial charge in [-0.25, -0.2) is 0 Å². The van der Waals surface area contributed by atoms with Crippen LogP contribution in [0.3, 0.4) is 0 Å². The van der Waals surface area contributed by atoms with Crippen molar-refractivity contribution < 1.29 is 23.8 Å². The van der Waals surface area contributed by atoms with Gasteiger partial charge >= 0.3 is 0 Å². The van der Waals surface area contributed by atoms with E-state index in [1.165, 1.54) is 0 Å². The Morgan fingerprint density at radius 2 is 1.70 bits per heavy atom. The number of benzene rings is 3. The van der Waals surface area contributed by atoms with E-state index in [0.29, 0.717) is 46.6 Å². The van der Waals surface area contributed by atoms with Crippen molar-refractivity contribution in [2.45, 2.75) is 31.8 Å². The van der Waals surface area contributed by atoms with E-state index >= 15 is 0 Å². The van der Waals surface area contributed by atoms with E-state index in [1.807, 2.05) is 44.2 Å². The fraction of sp³-hybridized carbons (Fsp3) is 0.259. The normalized spacial score (nSPS) is 17.7. The number of halogens is 1. The van der Waals surface area contributed by atoms with Gasteiger partial charge in [-0.15, -0.1) is 0 Å². The predicted octanol–water partition coefficient (Wildman–Crippen LogP) is 5.98. The highest BCUT2D eigenvalue weighted by Gasteiger charge is 2.56. The number of hydrogen-bond donors (Lipinski definition) is 0. The molecule has 6 heteroatoms. The first-order chi connectivity index (χ1) is 16.0. The Hall–Kier alpha value is -3.31. The lowest BCUT2D eigenvalue weighted by Crippen LogP contribution is -2.43. The van der Waals surface area contributed by atoms with Crippen LogP contribution in [0.1, 0.15) is 47.7 Å². The van der Waals surface area contributed by atoms with E-state index in [4.69, 9.17) is 25.8 Å². The van der Waals surface area contributed by atoms with Crippen molar-refractivity contribution in [3.63, 3.8) is 0 Å². The van der Waals surface area contributed by atoms with Crippen LogP contribution in [-0.4, -0.2) is 25.3 Å². The van der Waals surface area contributed by atoms with E-state index in [0.717, 1.165) is 11.8 Å². The van der Waals surface area contributed by atoms with Crippen LogP contribution in [0.4, 0.5) is 0 Å². The highest BCUT2D eigenvalue weighted by Crippen LogP contribution is 2.54. The van der Waals surface area contributed by atoms with Crippen LogP contribution in [-0.2, 0) is 10.4 Å². The van der Waals surface area contributed by atoms with Crippen LogP contribution >= 0.6 is 11.6 Å². The van der Waals surface area contributed by atoms with Gasteiger partial charge in [-0.3, -0.25) is 4.79 Å². The summed E-state index contributed by atoms with van der Waals surface area (Å²) in [5, 5.41) is 0.539. The molecule has 0 unspecified atom stereocenters. The number of carbonyl (C=O) groups excluding carboxylic acids is 2. The van der Waals surface area contributed by atoms with Crippen LogP contribution in [0.25, 0.3) is 0 Å². The molecule has 4 rings (SSSR count). The van der Waals surface area contributed by atoms with Crippen LogP contribution in [0, 0.1) is 0 Å². The molecule has 0 fully saturated rings. The Kier molecular flexibility index (Phi) is 6.70. The van der Waals surface area contributed by atoms with Crippen molar-refractivity contribution in [3.8, 4) is 17.2 Å². The summed E-state index contributed by atoms with van der Waals surface area (Å²) in [6, 6.07) is 19.9. The minimum atomic E-state index is -1.47. The van der Waals surface area contributed by atoms with Crippen molar-refractivity contribution >= 4 is 23.7 Å². The van der Waals surface area contributed by atoms with Crippen molar-refractivity contribution in [2.75, 3.05) is 13.2 Å². The quantitative estimate of drug-likeness (QED) is 0.364. The fourth-order valence-electron chi connectivity index (χ4n) is 4.43. The molecule has 2 atom stereocenters. The first-order valence-electron chi connectivity index (χ1n) is 11.0. The van der Waals surface area contributed by atoms with Crippen LogP contribution in [0.15, 0.2) is 66.7 Å². The second-order valence-corrected chi connectivity index (χ2v) is 8.14. The van der Waals surface area contributed by atoms with Gasteiger partial charge in [0.1, 0.15) is 29.1 Å². The van der Waals surface area contributed by atoms with Gasteiger partial charge in [0.05, 0.1) is 13.2 Å². The van der Waals surface area contributed by atoms with Gasteiger partial charge in [-0.2, -0.15) is 0 Å². The highest BCUT2D eigenvalue weighted by atomic mass is 35.5. The Balaban J connectivity index is 1.97. The Morgan fingerprint density at radius 1 is 1.00 bits per heavy atom. The Morgan fingerprint density at radius 3 is 2.33 bits per heavy atom. The molecular weight excluding hydrogens is 440 g/mol. The second-order valence-electron chi connectivity index (χ2n) is 7.70. The zero-order valence-electron chi connectivity index (χ0n) is 18.5. The van der Waals surface area contributed by atoms with Gasteiger partial charge in [-0.05, 0) is 31.5 Å². The molecule has 3 aromatic carbocycles. The van der Waals surface area contributed by atoms with E-state index in [9.17, 15) is 9.59 Å². The number of aldehydes is 1. The maximum atomic E-state index is 14.3. The lowest BCUT2D eigenvalue weighted by Gasteiger charge is -2.35. The second kappa shape index (κ2) is 9.67. The lowest BCUT2D eigenvalue weighted by atomic mass is 9.72. The molecule has 0 bridgehead atoms. The molecule has 0 N–H and O–H groups in total. The summed E-state index contributed by atoms with van der Waals surface area (Å²) >= 11 is 6.15. The summed E-state index contributed by atoms with van der Waals surface area (Å²) in [5.41, 5.74) is 0.321. The minimum Gasteiger partial charge on any atom is -0.494 e. The molecular formula is C27H25ClO5. The smallest absolute Gasteiger partial charge is 0.219 e. The number of ether oxygens (including phenoxy) is 3. The zero-order valence-corrected chi connectivity index (χ0v) is 19.3. The van der Waals surface area contributed by atoms with Gasteiger partial charge in [0.15, 0.2) is 0 Å². The summed E-state index contributed by atoms with van der Waals surface area (Å²) < 4.78 is 18.1. The number of Topliss-reactive ketones (excluding diaryl/α,β-unsaturated/α-hetero) is 1. The summed E-state index contributed by atoms with van der Waals surface area (Å²) in [7, 11) is 0. The lowest BCUT2D eigenvalue weighted by molar-refractivity contribution is -0.109. The first-order valence-corrected chi connectivity index (χ1v) is 11.3. The molecule has 0 amide bonds. The maximum absolute atomic E-state index is 14.3. The van der Waals surface area contributed by atoms with Gasteiger partial charge < -0.3 is 19.0 Å². The number of rotatable bonds is 9. The van der Waals surface area contributed by atoms with E-state index < -0.39 is 11.5 Å². The van der Waals surface area contributed by atoms with Gasteiger partial charge in [0, 0.05) is 35.1 Å². The maximum Gasteiger partial charge on any atom is 0.219 e. The summed E-state index contributed by atoms with van der Waals surface area (Å²) in [6.07, 6.45) is 0.915. The third kappa shape index (κ3) is 4.09. The standard InChI is InChI=1S/C27H25ClO5/c1-3-31-21-16-23(32-4-2)25-24(17-21)33-27(26(25)30,19-10-12-20(28)13-11-19)22(14-15-29)18-8-6-5-7-9-18/h5-13,15-17,22H,3-4,14H2,1-2H3/t22-,27-/m0/s1. The molecule has 0 saturated carbocycles. The topological polar surface area (TPSA) is 61.8 Å². The Bertz CT molecular complexity index is 1140. The van der Waals surface area contributed by atoms with Crippen LogP contribution < -0.4 is 14.2 Å². The summed E-state index contributed by atoms with van der Waals surface area (Å²) in [5.74, 6) is 0.490. The zero-order chi connectivity index (χ0) is 23.4. The average Bonchev–Trinajstić information content (AvgIpc) is 3.12. The number of fused-ring (bicyclic) bond motifs is 1. The van der Waals surface area contributed by atoms with Gasteiger partial charge in [0.25, 0.3) is 0 Å². The molecule has 0 aromatic heterocycles. The molecule has 3 aromatic rings. The molecule has 0 saturated heterocycles. The highest BCUT2D eigenvalue weighted by molar-refractivity contribution is 6.30. The monoisotopic (exact) mass is 464 g/mol.